The van der Waals surface area contributed by atoms with Crippen LogP contribution in [0.15, 0.2) is 30.3 Å². The summed E-state index contributed by atoms with van der Waals surface area (Å²) in [6.45, 7) is 7.74. The van der Waals surface area contributed by atoms with Gasteiger partial charge in [-0.25, -0.2) is 0 Å². The van der Waals surface area contributed by atoms with Crippen molar-refractivity contribution in [3.8, 4) is 0 Å². The maximum absolute atomic E-state index is 6.11. The van der Waals surface area contributed by atoms with Gasteiger partial charge in [0.15, 0.2) is 0 Å². The molecular formula is C18H28O3. The molecule has 1 aliphatic carbocycles. The molecule has 2 rings (SSSR count). The average Bonchev–Trinajstić information content (AvgIpc) is 3.00. The molecule has 1 aromatic carbocycles. The highest BCUT2D eigenvalue weighted by Crippen LogP contribution is 2.51. The highest BCUT2D eigenvalue weighted by Gasteiger charge is 2.57. The fourth-order valence-corrected chi connectivity index (χ4v) is 3.62. The van der Waals surface area contributed by atoms with E-state index in [9.17, 15) is 0 Å². The van der Waals surface area contributed by atoms with Crippen LogP contribution in [0.2, 0.25) is 0 Å². The topological polar surface area (TPSA) is 27.7 Å². The van der Waals surface area contributed by atoms with Gasteiger partial charge in [-0.15, -0.1) is 0 Å². The second-order valence-electron chi connectivity index (χ2n) is 5.51. The summed E-state index contributed by atoms with van der Waals surface area (Å²) in [6, 6.07) is 10.6. The molecule has 0 saturated heterocycles. The van der Waals surface area contributed by atoms with Crippen LogP contribution in [0.1, 0.15) is 52.0 Å². The Labute approximate surface area is 128 Å². The molecular weight excluding hydrogens is 264 g/mol. The molecule has 118 valence electrons. The van der Waals surface area contributed by atoms with Gasteiger partial charge in [-0.05, 0) is 39.2 Å². The first kappa shape index (κ1) is 16.5. The Morgan fingerprint density at radius 2 is 1.33 bits per heavy atom. The fourth-order valence-electron chi connectivity index (χ4n) is 3.62. The quantitative estimate of drug-likeness (QED) is 0.670. The molecule has 1 fully saturated rings. The molecule has 3 heteroatoms. The highest BCUT2D eigenvalue weighted by molar-refractivity contribution is 5.29. The third-order valence-corrected chi connectivity index (χ3v) is 4.37. The lowest BCUT2D eigenvalue weighted by molar-refractivity contribution is -0.409. The van der Waals surface area contributed by atoms with Crippen molar-refractivity contribution in [2.24, 2.45) is 0 Å². The van der Waals surface area contributed by atoms with Crippen LogP contribution in [0.5, 0.6) is 0 Å². The van der Waals surface area contributed by atoms with Crippen LogP contribution in [0.25, 0.3) is 0 Å². The predicted octanol–water partition coefficient (Wildman–Crippen LogP) is 4.26. The normalized spacial score (nSPS) is 18.0. The van der Waals surface area contributed by atoms with Crippen LogP contribution in [0, 0.1) is 0 Å². The third-order valence-electron chi connectivity index (χ3n) is 4.37. The average molecular weight is 292 g/mol. The van der Waals surface area contributed by atoms with Gasteiger partial charge >= 0.3 is 0 Å². The molecule has 21 heavy (non-hydrogen) atoms. The Hall–Kier alpha value is -0.900. The first-order valence-electron chi connectivity index (χ1n) is 8.22. The molecule has 0 aromatic heterocycles. The zero-order valence-corrected chi connectivity index (χ0v) is 13.6. The second-order valence-corrected chi connectivity index (χ2v) is 5.51. The van der Waals surface area contributed by atoms with Crippen molar-refractivity contribution < 1.29 is 14.2 Å². The van der Waals surface area contributed by atoms with Gasteiger partial charge in [0.25, 0.3) is 5.97 Å². The molecule has 1 aromatic rings. The van der Waals surface area contributed by atoms with Crippen LogP contribution < -0.4 is 0 Å². The van der Waals surface area contributed by atoms with Crippen LogP contribution >= 0.6 is 0 Å². The molecule has 0 unspecified atom stereocenters. The maximum Gasteiger partial charge on any atom is 0.293 e. The SMILES string of the molecule is CCOC(OCC)(OCC)C1(c2ccccc2)CCCC1. The fraction of sp³-hybridized carbons (Fsp3) is 0.667. The van der Waals surface area contributed by atoms with Gasteiger partial charge in [0, 0.05) is 19.8 Å². The van der Waals surface area contributed by atoms with E-state index in [1.54, 1.807) is 0 Å². The van der Waals surface area contributed by atoms with E-state index in [-0.39, 0.29) is 5.41 Å². The molecule has 0 amide bonds. The molecule has 0 atom stereocenters. The first-order chi connectivity index (χ1) is 10.2. The van der Waals surface area contributed by atoms with Gasteiger partial charge in [-0.1, -0.05) is 43.2 Å². The molecule has 3 nitrogen and oxygen atoms in total. The van der Waals surface area contributed by atoms with Crippen molar-refractivity contribution >= 4 is 0 Å². The molecule has 0 aliphatic heterocycles. The summed E-state index contributed by atoms with van der Waals surface area (Å²) in [5, 5.41) is 0. The van der Waals surface area contributed by atoms with E-state index in [1.807, 2.05) is 20.8 Å². The van der Waals surface area contributed by atoms with Crippen LogP contribution in [-0.4, -0.2) is 25.8 Å². The lowest BCUT2D eigenvalue weighted by Crippen LogP contribution is -2.56. The lowest BCUT2D eigenvalue weighted by atomic mass is 9.76. The Kier molecular flexibility index (Phi) is 5.80. The van der Waals surface area contributed by atoms with Gasteiger partial charge in [0.05, 0.1) is 5.41 Å². The van der Waals surface area contributed by atoms with Gasteiger partial charge < -0.3 is 14.2 Å². The number of rotatable bonds is 8. The van der Waals surface area contributed by atoms with Crippen LogP contribution in [0.4, 0.5) is 0 Å². The van der Waals surface area contributed by atoms with E-state index in [0.717, 1.165) is 12.8 Å². The number of hydrogen-bond donors (Lipinski definition) is 0. The smallest absolute Gasteiger partial charge is 0.293 e. The van der Waals surface area contributed by atoms with E-state index < -0.39 is 5.97 Å². The summed E-state index contributed by atoms with van der Waals surface area (Å²) in [7, 11) is 0. The third kappa shape index (κ3) is 3.01. The van der Waals surface area contributed by atoms with Crippen LogP contribution in [-0.2, 0) is 19.6 Å². The van der Waals surface area contributed by atoms with Gasteiger partial charge in [0.1, 0.15) is 0 Å². The molecule has 1 aliphatic rings. The Morgan fingerprint density at radius 1 is 0.857 bits per heavy atom. The minimum atomic E-state index is -0.969. The highest BCUT2D eigenvalue weighted by atomic mass is 16.9. The summed E-state index contributed by atoms with van der Waals surface area (Å²) in [5.74, 6) is -0.969. The summed E-state index contributed by atoms with van der Waals surface area (Å²) in [4.78, 5) is 0. The minimum Gasteiger partial charge on any atom is -0.327 e. The van der Waals surface area contributed by atoms with Crippen molar-refractivity contribution in [1.82, 2.24) is 0 Å². The summed E-state index contributed by atoms with van der Waals surface area (Å²) < 4.78 is 18.3. The molecule has 1 saturated carbocycles. The van der Waals surface area contributed by atoms with Gasteiger partial charge in [-0.2, -0.15) is 0 Å². The molecule has 0 bridgehead atoms. The van der Waals surface area contributed by atoms with Crippen LogP contribution in [0.3, 0.4) is 0 Å². The number of hydrogen-bond acceptors (Lipinski definition) is 3. The van der Waals surface area contributed by atoms with Gasteiger partial charge in [0.2, 0.25) is 0 Å². The van der Waals surface area contributed by atoms with Crippen molar-refractivity contribution in [2.45, 2.75) is 57.8 Å². The zero-order valence-electron chi connectivity index (χ0n) is 13.6. The van der Waals surface area contributed by atoms with Crippen molar-refractivity contribution in [1.29, 1.82) is 0 Å². The summed E-state index contributed by atoms with van der Waals surface area (Å²) in [5.41, 5.74) is 1.05. The van der Waals surface area contributed by atoms with E-state index in [0.29, 0.717) is 19.8 Å². The molecule has 0 spiro atoms. The van der Waals surface area contributed by atoms with E-state index in [1.165, 1.54) is 18.4 Å². The van der Waals surface area contributed by atoms with E-state index >= 15 is 0 Å². The Balaban J connectivity index is 2.49. The van der Waals surface area contributed by atoms with Gasteiger partial charge in [-0.3, -0.25) is 0 Å². The maximum atomic E-state index is 6.11. The van der Waals surface area contributed by atoms with Crippen molar-refractivity contribution in [2.75, 3.05) is 19.8 Å². The minimum absolute atomic E-state index is 0.212. The molecule has 0 radical (unpaired) electrons. The first-order valence-corrected chi connectivity index (χ1v) is 8.22. The summed E-state index contributed by atoms with van der Waals surface area (Å²) in [6.07, 6.45) is 4.45. The number of ether oxygens (including phenoxy) is 3. The van der Waals surface area contributed by atoms with E-state index in [2.05, 4.69) is 30.3 Å². The Bertz CT molecular complexity index is 393. The predicted molar refractivity (Wildman–Crippen MR) is 84.2 cm³/mol. The second kappa shape index (κ2) is 7.39. The number of benzene rings is 1. The van der Waals surface area contributed by atoms with Crippen molar-refractivity contribution in [3.63, 3.8) is 0 Å². The lowest BCUT2D eigenvalue weighted by Gasteiger charge is -2.46. The largest absolute Gasteiger partial charge is 0.327 e. The van der Waals surface area contributed by atoms with E-state index in [4.69, 9.17) is 14.2 Å². The Morgan fingerprint density at radius 3 is 1.76 bits per heavy atom. The zero-order chi connectivity index (χ0) is 15.2. The summed E-state index contributed by atoms with van der Waals surface area (Å²) >= 11 is 0. The molecule has 0 heterocycles. The van der Waals surface area contributed by atoms with Crippen molar-refractivity contribution in [3.05, 3.63) is 35.9 Å². The standard InChI is InChI=1S/C18H28O3/c1-4-19-18(20-5-2,21-6-3)17(14-10-11-15-17)16-12-8-7-9-13-16/h7-9,12-13H,4-6,10-11,14-15H2,1-3H3. The molecule has 0 N–H and O–H groups in total. The monoisotopic (exact) mass is 292 g/mol.